The first-order valence-corrected chi connectivity index (χ1v) is 8.70. The Morgan fingerprint density at radius 2 is 2.13 bits per heavy atom. The number of benzene rings is 1. The van der Waals surface area contributed by atoms with E-state index >= 15 is 0 Å². The van der Waals surface area contributed by atoms with E-state index in [4.69, 9.17) is 14.5 Å². The van der Waals surface area contributed by atoms with E-state index in [1.165, 1.54) is 24.2 Å². The van der Waals surface area contributed by atoms with Crippen molar-refractivity contribution in [1.29, 1.82) is 0 Å². The van der Waals surface area contributed by atoms with Crippen molar-refractivity contribution < 1.29 is 9.47 Å². The largest absolute Gasteiger partial charge is 0.454 e. The van der Waals surface area contributed by atoms with Gasteiger partial charge in [-0.15, -0.1) is 0 Å². The third-order valence-corrected chi connectivity index (χ3v) is 4.75. The van der Waals surface area contributed by atoms with E-state index in [9.17, 15) is 0 Å². The number of rotatable bonds is 4. The highest BCUT2D eigenvalue weighted by molar-refractivity contribution is 5.81. The van der Waals surface area contributed by atoms with E-state index in [-0.39, 0.29) is 0 Å². The molecular weight excluding hydrogens is 290 g/mol. The van der Waals surface area contributed by atoms with Crippen molar-refractivity contribution in [1.82, 2.24) is 14.9 Å². The number of hydrogen-bond acceptors (Lipinski definition) is 4. The molecule has 1 atom stereocenters. The van der Waals surface area contributed by atoms with Crippen molar-refractivity contribution in [3.8, 4) is 11.5 Å². The number of aromatic nitrogens is 2. The summed E-state index contributed by atoms with van der Waals surface area (Å²) in [6.07, 6.45) is 3.56. The maximum Gasteiger partial charge on any atom is 0.231 e. The molecule has 0 amide bonds. The topological polar surface area (TPSA) is 48.3 Å². The maximum atomic E-state index is 5.57. The quantitative estimate of drug-likeness (QED) is 0.942. The zero-order chi connectivity index (χ0) is 15.8. The maximum absolute atomic E-state index is 5.57. The van der Waals surface area contributed by atoms with Crippen molar-refractivity contribution in [2.75, 3.05) is 19.9 Å². The van der Waals surface area contributed by atoms with E-state index in [0.717, 1.165) is 43.1 Å². The number of nitrogens with one attached hydrogen (secondary N) is 1. The second-order valence-corrected chi connectivity index (χ2v) is 7.14. The number of piperidine rings is 1. The molecule has 2 aromatic rings. The van der Waals surface area contributed by atoms with Crippen LogP contribution in [-0.2, 0) is 13.0 Å². The Morgan fingerprint density at radius 3 is 2.87 bits per heavy atom. The molecule has 1 saturated heterocycles. The van der Waals surface area contributed by atoms with Gasteiger partial charge in [0, 0.05) is 25.1 Å². The normalized spacial score (nSPS) is 20.6. The van der Waals surface area contributed by atoms with Gasteiger partial charge in [-0.25, -0.2) is 4.98 Å². The van der Waals surface area contributed by atoms with Gasteiger partial charge in [0.2, 0.25) is 6.79 Å². The van der Waals surface area contributed by atoms with Gasteiger partial charge in [0.25, 0.3) is 0 Å². The summed E-state index contributed by atoms with van der Waals surface area (Å²) in [6, 6.07) is 4.13. The first-order valence-electron chi connectivity index (χ1n) is 8.70. The molecule has 0 spiro atoms. The molecule has 3 heterocycles. The Balaban J connectivity index is 1.74. The molecule has 1 aromatic heterocycles. The number of hydrogen-bond donors (Lipinski definition) is 1. The van der Waals surface area contributed by atoms with Gasteiger partial charge >= 0.3 is 0 Å². The van der Waals surface area contributed by atoms with E-state index < -0.39 is 0 Å². The molecule has 124 valence electrons. The smallest absolute Gasteiger partial charge is 0.231 e. The van der Waals surface area contributed by atoms with E-state index in [2.05, 4.69) is 29.8 Å². The minimum Gasteiger partial charge on any atom is -0.454 e. The molecule has 0 aliphatic carbocycles. The van der Waals surface area contributed by atoms with Crippen LogP contribution in [0.5, 0.6) is 11.5 Å². The van der Waals surface area contributed by atoms with Crippen LogP contribution in [-0.4, -0.2) is 29.4 Å². The average Bonchev–Trinajstić information content (AvgIpc) is 3.10. The monoisotopic (exact) mass is 315 g/mol. The van der Waals surface area contributed by atoms with Gasteiger partial charge in [0.1, 0.15) is 5.82 Å². The summed E-state index contributed by atoms with van der Waals surface area (Å²) >= 11 is 0. The highest BCUT2D eigenvalue weighted by Gasteiger charge is 2.22. The van der Waals surface area contributed by atoms with Gasteiger partial charge in [0.15, 0.2) is 11.5 Å². The lowest BCUT2D eigenvalue weighted by molar-refractivity contribution is 0.174. The molecule has 1 fully saturated rings. The van der Waals surface area contributed by atoms with E-state index in [1.807, 2.05) is 6.07 Å². The minimum absolute atomic E-state index is 0.313. The fourth-order valence-electron chi connectivity index (χ4n) is 3.63. The summed E-state index contributed by atoms with van der Waals surface area (Å²) in [7, 11) is 0. The highest BCUT2D eigenvalue weighted by Crippen LogP contribution is 2.36. The van der Waals surface area contributed by atoms with Crippen molar-refractivity contribution in [2.45, 2.75) is 39.7 Å². The van der Waals surface area contributed by atoms with E-state index in [1.54, 1.807) is 0 Å². The Morgan fingerprint density at radius 1 is 1.30 bits per heavy atom. The van der Waals surface area contributed by atoms with Crippen LogP contribution in [0.15, 0.2) is 12.1 Å². The molecule has 4 rings (SSSR count). The van der Waals surface area contributed by atoms with Crippen LogP contribution in [0.3, 0.4) is 0 Å². The summed E-state index contributed by atoms with van der Waals surface area (Å²) < 4.78 is 13.5. The van der Waals surface area contributed by atoms with Crippen LogP contribution >= 0.6 is 0 Å². The van der Waals surface area contributed by atoms with Crippen molar-refractivity contribution >= 4 is 11.0 Å². The molecule has 0 bridgehead atoms. The third-order valence-electron chi connectivity index (χ3n) is 4.75. The SMILES string of the molecule is CC(C)Cc1nc2cc3c(cc2n1CC1CCCNC1)OCO3. The number of ether oxygens (including phenoxy) is 2. The molecule has 5 nitrogen and oxygen atoms in total. The molecule has 0 saturated carbocycles. The predicted octanol–water partition coefficient (Wildman–Crippen LogP) is 2.96. The molecule has 23 heavy (non-hydrogen) atoms. The second-order valence-electron chi connectivity index (χ2n) is 7.14. The summed E-state index contributed by atoms with van der Waals surface area (Å²) in [5.74, 6) is 4.12. The molecule has 5 heteroatoms. The fraction of sp³-hybridized carbons (Fsp3) is 0.611. The van der Waals surface area contributed by atoms with Gasteiger partial charge < -0.3 is 19.4 Å². The Hall–Kier alpha value is -1.75. The van der Waals surface area contributed by atoms with Gasteiger partial charge in [0.05, 0.1) is 11.0 Å². The molecule has 1 aromatic carbocycles. The van der Waals surface area contributed by atoms with Crippen molar-refractivity contribution in [2.24, 2.45) is 11.8 Å². The Bertz CT molecular complexity index is 702. The van der Waals surface area contributed by atoms with Gasteiger partial charge in [-0.2, -0.15) is 0 Å². The lowest BCUT2D eigenvalue weighted by Gasteiger charge is -2.24. The minimum atomic E-state index is 0.313. The van der Waals surface area contributed by atoms with Crippen LogP contribution in [0, 0.1) is 11.8 Å². The van der Waals surface area contributed by atoms with Crippen LogP contribution in [0.4, 0.5) is 0 Å². The van der Waals surface area contributed by atoms with Gasteiger partial charge in [-0.05, 0) is 37.8 Å². The highest BCUT2D eigenvalue weighted by atomic mass is 16.7. The first-order chi connectivity index (χ1) is 11.2. The summed E-state index contributed by atoms with van der Waals surface area (Å²) in [5, 5.41) is 3.52. The zero-order valence-electron chi connectivity index (χ0n) is 14.0. The lowest BCUT2D eigenvalue weighted by atomic mass is 9.99. The summed E-state index contributed by atoms with van der Waals surface area (Å²) in [6.45, 7) is 8.10. The van der Waals surface area contributed by atoms with Crippen LogP contribution in [0.25, 0.3) is 11.0 Å². The number of fused-ring (bicyclic) bond motifs is 2. The van der Waals surface area contributed by atoms with Crippen LogP contribution in [0.1, 0.15) is 32.5 Å². The Kier molecular flexibility index (Phi) is 3.89. The van der Waals surface area contributed by atoms with Gasteiger partial charge in [-0.1, -0.05) is 13.8 Å². The zero-order valence-corrected chi connectivity index (χ0v) is 14.0. The second kappa shape index (κ2) is 6.04. The standard InChI is InChI=1S/C18H25N3O2/c1-12(2)6-18-20-14-7-16-17(23-11-22-16)8-15(14)21(18)10-13-4-3-5-19-9-13/h7-8,12-13,19H,3-6,9-11H2,1-2H3. The lowest BCUT2D eigenvalue weighted by Crippen LogP contribution is -2.32. The van der Waals surface area contributed by atoms with Crippen molar-refractivity contribution in [3.63, 3.8) is 0 Å². The van der Waals surface area contributed by atoms with E-state index in [0.29, 0.717) is 18.6 Å². The van der Waals surface area contributed by atoms with Crippen LogP contribution < -0.4 is 14.8 Å². The number of imidazole rings is 1. The average molecular weight is 315 g/mol. The Labute approximate surface area is 137 Å². The summed E-state index contributed by atoms with van der Waals surface area (Å²) in [4.78, 5) is 4.90. The predicted molar refractivity (Wildman–Crippen MR) is 90.0 cm³/mol. The molecule has 1 N–H and O–H groups in total. The third kappa shape index (κ3) is 2.90. The fourth-order valence-corrected chi connectivity index (χ4v) is 3.63. The summed E-state index contributed by atoms with van der Waals surface area (Å²) in [5.41, 5.74) is 2.20. The molecule has 1 unspecified atom stereocenters. The number of nitrogens with zero attached hydrogens (tertiary/aromatic N) is 2. The van der Waals surface area contributed by atoms with Gasteiger partial charge in [-0.3, -0.25) is 0 Å². The van der Waals surface area contributed by atoms with Crippen LogP contribution in [0.2, 0.25) is 0 Å². The molecule has 2 aliphatic rings. The molecular formula is C18H25N3O2. The molecule has 2 aliphatic heterocycles. The van der Waals surface area contributed by atoms with Crippen molar-refractivity contribution in [3.05, 3.63) is 18.0 Å². The molecule has 0 radical (unpaired) electrons. The first kappa shape index (κ1) is 14.8.